The summed E-state index contributed by atoms with van der Waals surface area (Å²) in [6, 6.07) is 4.01. The lowest BCUT2D eigenvalue weighted by Crippen LogP contribution is -2.30. The van der Waals surface area contributed by atoms with Crippen LogP contribution in [0.4, 0.5) is 0 Å². The smallest absolute Gasteiger partial charge is 0.219 e. The van der Waals surface area contributed by atoms with E-state index in [1.54, 1.807) is 6.92 Å². The largest absolute Gasteiger partial charge is 0.490 e. The summed E-state index contributed by atoms with van der Waals surface area (Å²) in [6.07, 6.45) is 4.89. The maximum absolute atomic E-state index is 11.5. The summed E-state index contributed by atoms with van der Waals surface area (Å²) in [5, 5.41) is 8.14. The molecule has 0 aliphatic carbocycles. The highest BCUT2D eigenvalue weighted by Gasteiger charge is 2.20. The number of benzene rings is 1. The summed E-state index contributed by atoms with van der Waals surface area (Å²) in [6.45, 7) is 5.33. The van der Waals surface area contributed by atoms with E-state index in [-0.39, 0.29) is 12.0 Å². The molecule has 3 rings (SSSR count). The van der Waals surface area contributed by atoms with Crippen LogP contribution in [0.25, 0.3) is 10.9 Å². The number of carbonyl (C=O) groups excluding carboxylic acids is 1. The van der Waals surface area contributed by atoms with Crippen LogP contribution in [-0.4, -0.2) is 40.2 Å². The van der Waals surface area contributed by atoms with Crippen molar-refractivity contribution in [3.8, 4) is 5.75 Å². The average molecular weight is 287 g/mol. The third kappa shape index (κ3) is 2.86. The molecule has 1 aliphatic rings. The van der Waals surface area contributed by atoms with Crippen molar-refractivity contribution in [2.75, 3.05) is 13.1 Å². The van der Waals surface area contributed by atoms with Gasteiger partial charge in [-0.1, -0.05) is 0 Å². The molecule has 1 N–H and O–H groups in total. The number of aromatic nitrogens is 2. The number of rotatable bonds is 2. The number of fused-ring (bicyclic) bond motifs is 1. The van der Waals surface area contributed by atoms with Gasteiger partial charge in [-0.3, -0.25) is 9.89 Å². The van der Waals surface area contributed by atoms with Crippen molar-refractivity contribution in [3.63, 3.8) is 0 Å². The lowest BCUT2D eigenvalue weighted by Gasteiger charge is -2.20. The monoisotopic (exact) mass is 287 g/mol. The van der Waals surface area contributed by atoms with E-state index in [2.05, 4.69) is 17.1 Å². The summed E-state index contributed by atoms with van der Waals surface area (Å²) in [7, 11) is 0. The normalized spacial score (nSPS) is 19.5. The van der Waals surface area contributed by atoms with Crippen molar-refractivity contribution in [1.82, 2.24) is 15.1 Å². The molecule has 2 heterocycles. The molecule has 1 aliphatic heterocycles. The Labute approximate surface area is 124 Å². The zero-order chi connectivity index (χ0) is 14.8. The van der Waals surface area contributed by atoms with E-state index in [1.165, 1.54) is 0 Å². The minimum Gasteiger partial charge on any atom is -0.490 e. The van der Waals surface area contributed by atoms with Gasteiger partial charge in [0.25, 0.3) is 0 Å². The standard InChI is InChI=1S/C16H21N3O2/c1-11-14-10-17-18-15(14)5-6-16(11)21-13-4-3-8-19(9-7-13)12(2)20/h5-6,10,13H,3-4,7-9H2,1-2H3,(H,17,18). The van der Waals surface area contributed by atoms with Gasteiger partial charge in [0.05, 0.1) is 11.7 Å². The highest BCUT2D eigenvalue weighted by atomic mass is 16.5. The van der Waals surface area contributed by atoms with E-state index in [9.17, 15) is 4.79 Å². The molecule has 5 heteroatoms. The van der Waals surface area contributed by atoms with Crippen LogP contribution < -0.4 is 4.74 Å². The van der Waals surface area contributed by atoms with Gasteiger partial charge in [-0.25, -0.2) is 0 Å². The van der Waals surface area contributed by atoms with Crippen LogP contribution in [0.1, 0.15) is 31.7 Å². The quantitative estimate of drug-likeness (QED) is 0.923. The number of likely N-dealkylation sites (tertiary alicyclic amines) is 1. The third-order valence-electron chi connectivity index (χ3n) is 4.26. The van der Waals surface area contributed by atoms with Crippen LogP contribution in [0.2, 0.25) is 0 Å². The van der Waals surface area contributed by atoms with E-state index in [4.69, 9.17) is 4.74 Å². The maximum atomic E-state index is 11.5. The summed E-state index contributed by atoms with van der Waals surface area (Å²) in [5.41, 5.74) is 2.15. The fourth-order valence-electron chi connectivity index (χ4n) is 2.94. The predicted octanol–water partition coefficient (Wildman–Crippen LogP) is 2.65. The number of H-pyrrole nitrogens is 1. The number of hydrogen-bond donors (Lipinski definition) is 1. The molecular weight excluding hydrogens is 266 g/mol. The fraction of sp³-hybridized carbons (Fsp3) is 0.500. The summed E-state index contributed by atoms with van der Waals surface area (Å²) >= 11 is 0. The molecule has 1 saturated heterocycles. The summed E-state index contributed by atoms with van der Waals surface area (Å²) < 4.78 is 6.19. The maximum Gasteiger partial charge on any atom is 0.219 e. The fourth-order valence-corrected chi connectivity index (χ4v) is 2.94. The van der Waals surface area contributed by atoms with Gasteiger partial charge >= 0.3 is 0 Å². The highest BCUT2D eigenvalue weighted by molar-refractivity contribution is 5.83. The Morgan fingerprint density at radius 3 is 3.05 bits per heavy atom. The van der Waals surface area contributed by atoms with Crippen molar-refractivity contribution in [2.45, 2.75) is 39.2 Å². The number of carbonyl (C=O) groups is 1. The topological polar surface area (TPSA) is 58.2 Å². The van der Waals surface area contributed by atoms with E-state index >= 15 is 0 Å². The molecule has 1 atom stereocenters. The molecule has 5 nitrogen and oxygen atoms in total. The van der Waals surface area contributed by atoms with Crippen LogP contribution in [0.15, 0.2) is 18.3 Å². The first-order valence-electron chi connectivity index (χ1n) is 7.50. The Kier molecular flexibility index (Phi) is 3.82. The van der Waals surface area contributed by atoms with Crippen LogP contribution >= 0.6 is 0 Å². The highest BCUT2D eigenvalue weighted by Crippen LogP contribution is 2.28. The Bertz CT molecular complexity index is 650. The van der Waals surface area contributed by atoms with Crippen molar-refractivity contribution in [3.05, 3.63) is 23.9 Å². The molecule has 1 unspecified atom stereocenters. The number of nitrogens with zero attached hydrogens (tertiary/aromatic N) is 2. The summed E-state index contributed by atoms with van der Waals surface area (Å²) in [4.78, 5) is 13.4. The number of hydrogen-bond acceptors (Lipinski definition) is 3. The van der Waals surface area contributed by atoms with Gasteiger partial charge in [0, 0.05) is 37.4 Å². The number of aryl methyl sites for hydroxylation is 1. The number of nitrogens with one attached hydrogen (secondary N) is 1. The Balaban J connectivity index is 1.73. The van der Waals surface area contributed by atoms with Crippen LogP contribution in [0, 0.1) is 6.92 Å². The minimum atomic E-state index is 0.159. The van der Waals surface area contributed by atoms with E-state index in [0.717, 1.165) is 54.6 Å². The van der Waals surface area contributed by atoms with Gasteiger partial charge < -0.3 is 9.64 Å². The number of ether oxygens (including phenoxy) is 1. The number of aromatic amines is 1. The summed E-state index contributed by atoms with van der Waals surface area (Å²) in [5.74, 6) is 1.08. The van der Waals surface area contributed by atoms with Gasteiger partial charge in [0.2, 0.25) is 5.91 Å². The van der Waals surface area contributed by atoms with Gasteiger partial charge in [0.15, 0.2) is 0 Å². The molecule has 1 aromatic heterocycles. The lowest BCUT2D eigenvalue weighted by molar-refractivity contribution is -0.128. The average Bonchev–Trinajstić information content (AvgIpc) is 2.81. The molecule has 112 valence electrons. The molecule has 1 amide bonds. The molecule has 21 heavy (non-hydrogen) atoms. The van der Waals surface area contributed by atoms with Gasteiger partial charge in [0.1, 0.15) is 11.9 Å². The molecule has 0 saturated carbocycles. The zero-order valence-electron chi connectivity index (χ0n) is 12.6. The second kappa shape index (κ2) is 5.76. The molecular formula is C16H21N3O2. The first kappa shape index (κ1) is 13.9. The molecule has 1 aromatic carbocycles. The van der Waals surface area contributed by atoms with Gasteiger partial charge in [-0.2, -0.15) is 5.10 Å². The first-order chi connectivity index (χ1) is 10.1. The number of amides is 1. The predicted molar refractivity (Wildman–Crippen MR) is 81.4 cm³/mol. The minimum absolute atomic E-state index is 0.159. The van der Waals surface area contributed by atoms with E-state index < -0.39 is 0 Å². The van der Waals surface area contributed by atoms with Gasteiger partial charge in [-0.15, -0.1) is 0 Å². The Morgan fingerprint density at radius 2 is 2.24 bits per heavy atom. The Morgan fingerprint density at radius 1 is 1.38 bits per heavy atom. The molecule has 0 radical (unpaired) electrons. The lowest BCUT2D eigenvalue weighted by atomic mass is 10.1. The van der Waals surface area contributed by atoms with Crippen molar-refractivity contribution < 1.29 is 9.53 Å². The molecule has 0 bridgehead atoms. The van der Waals surface area contributed by atoms with Crippen molar-refractivity contribution in [1.29, 1.82) is 0 Å². The zero-order valence-corrected chi connectivity index (χ0v) is 12.6. The van der Waals surface area contributed by atoms with E-state index in [1.807, 2.05) is 23.2 Å². The van der Waals surface area contributed by atoms with E-state index in [0.29, 0.717) is 0 Å². The van der Waals surface area contributed by atoms with Crippen LogP contribution in [0.5, 0.6) is 5.75 Å². The molecule has 1 fully saturated rings. The van der Waals surface area contributed by atoms with Crippen LogP contribution in [-0.2, 0) is 4.79 Å². The third-order valence-corrected chi connectivity index (χ3v) is 4.26. The molecule has 0 spiro atoms. The Hall–Kier alpha value is -2.04. The SMILES string of the molecule is CC(=O)N1CCCC(Oc2ccc3[nH]ncc3c2C)CC1. The first-order valence-corrected chi connectivity index (χ1v) is 7.50. The second-order valence-electron chi connectivity index (χ2n) is 5.70. The van der Waals surface area contributed by atoms with Crippen molar-refractivity contribution in [2.24, 2.45) is 0 Å². The second-order valence-corrected chi connectivity index (χ2v) is 5.70. The van der Waals surface area contributed by atoms with Crippen LogP contribution in [0.3, 0.4) is 0 Å². The van der Waals surface area contributed by atoms with Crippen molar-refractivity contribution >= 4 is 16.8 Å². The molecule has 2 aromatic rings. The van der Waals surface area contributed by atoms with Gasteiger partial charge in [-0.05, 0) is 31.9 Å².